The summed E-state index contributed by atoms with van der Waals surface area (Å²) in [4.78, 5) is 18.3. The number of carbonyl (C=O) groups is 1. The molecule has 4 nitrogen and oxygen atoms in total. The van der Waals surface area contributed by atoms with E-state index in [9.17, 15) is 9.18 Å². The van der Waals surface area contributed by atoms with E-state index in [2.05, 4.69) is 4.99 Å². The second-order valence-electron chi connectivity index (χ2n) is 5.87. The largest absolute Gasteiger partial charge is 0.497 e. The van der Waals surface area contributed by atoms with Gasteiger partial charge in [-0.05, 0) is 61.6 Å². The topological polar surface area (TPSA) is 43.6 Å². The maximum Gasteiger partial charge on any atom is 0.248 e. The number of amides is 1. The summed E-state index contributed by atoms with van der Waals surface area (Å²) >= 11 is 3.06. The van der Waals surface area contributed by atoms with Gasteiger partial charge < -0.3 is 9.30 Å². The quantitative estimate of drug-likeness (QED) is 0.417. The van der Waals surface area contributed by atoms with Crippen molar-refractivity contribution in [3.63, 3.8) is 0 Å². The number of benzene rings is 2. The Morgan fingerprint density at radius 2 is 2.04 bits per heavy atom. The Morgan fingerprint density at radius 1 is 1.26 bits per heavy atom. The van der Waals surface area contributed by atoms with Crippen molar-refractivity contribution in [1.82, 2.24) is 4.57 Å². The van der Waals surface area contributed by atoms with Gasteiger partial charge in [-0.25, -0.2) is 4.39 Å². The predicted molar refractivity (Wildman–Crippen MR) is 109 cm³/mol. The van der Waals surface area contributed by atoms with Crippen molar-refractivity contribution in [1.29, 1.82) is 0 Å². The molecule has 0 radical (unpaired) electrons. The molecule has 1 amide bonds. The molecule has 0 atom stereocenters. The average molecular weight is 405 g/mol. The third-order valence-corrected chi connectivity index (χ3v) is 6.18. The van der Waals surface area contributed by atoms with Crippen molar-refractivity contribution in [2.24, 2.45) is 4.99 Å². The number of carbonyl (C=O) groups excluding carboxylic acids is 1. The summed E-state index contributed by atoms with van der Waals surface area (Å²) in [7, 11) is 1.65. The van der Waals surface area contributed by atoms with Gasteiger partial charge in [0.15, 0.2) is 4.80 Å². The van der Waals surface area contributed by atoms with Crippen LogP contribution in [0.1, 0.15) is 19.8 Å². The van der Waals surface area contributed by atoms with Gasteiger partial charge in [-0.1, -0.05) is 11.3 Å². The first-order valence-electron chi connectivity index (χ1n) is 8.74. The van der Waals surface area contributed by atoms with Crippen molar-refractivity contribution in [3.05, 3.63) is 53.1 Å². The van der Waals surface area contributed by atoms with Crippen molar-refractivity contribution >= 4 is 39.2 Å². The highest BCUT2D eigenvalue weighted by Crippen LogP contribution is 2.22. The van der Waals surface area contributed by atoms with Gasteiger partial charge in [-0.15, -0.1) is 11.8 Å². The SMILES string of the molecule is CCn1c(=NC(=O)CCCSc2ccc(OC)cc2)sc2cc(F)ccc21. The predicted octanol–water partition coefficient (Wildman–Crippen LogP) is 4.87. The summed E-state index contributed by atoms with van der Waals surface area (Å²) in [6, 6.07) is 12.5. The van der Waals surface area contributed by atoms with E-state index < -0.39 is 0 Å². The molecular formula is C20H21FN2O2S2. The molecular weight excluding hydrogens is 383 g/mol. The van der Waals surface area contributed by atoms with E-state index in [0.29, 0.717) is 17.8 Å². The number of methoxy groups -OCH3 is 1. The van der Waals surface area contributed by atoms with E-state index in [1.165, 1.54) is 23.5 Å². The van der Waals surface area contributed by atoms with Gasteiger partial charge in [-0.2, -0.15) is 4.99 Å². The molecule has 0 N–H and O–H groups in total. The van der Waals surface area contributed by atoms with Crippen LogP contribution in [0.25, 0.3) is 10.2 Å². The van der Waals surface area contributed by atoms with Crippen molar-refractivity contribution < 1.29 is 13.9 Å². The highest BCUT2D eigenvalue weighted by atomic mass is 32.2. The molecule has 0 aliphatic rings. The zero-order valence-corrected chi connectivity index (χ0v) is 16.9. The molecule has 2 aromatic carbocycles. The zero-order chi connectivity index (χ0) is 19.2. The van der Waals surface area contributed by atoms with E-state index in [4.69, 9.17) is 4.74 Å². The summed E-state index contributed by atoms with van der Waals surface area (Å²) in [5, 5.41) is 0. The lowest BCUT2D eigenvalue weighted by Gasteiger charge is -2.03. The van der Waals surface area contributed by atoms with E-state index >= 15 is 0 Å². The second-order valence-corrected chi connectivity index (χ2v) is 8.05. The molecule has 0 unspecified atom stereocenters. The third-order valence-electron chi connectivity index (χ3n) is 4.04. The Balaban J connectivity index is 1.60. The first-order valence-corrected chi connectivity index (χ1v) is 10.5. The van der Waals surface area contributed by atoms with Crippen LogP contribution in [0.15, 0.2) is 52.4 Å². The Labute approximate surface area is 165 Å². The maximum atomic E-state index is 13.4. The Morgan fingerprint density at radius 3 is 2.74 bits per heavy atom. The minimum atomic E-state index is -0.277. The summed E-state index contributed by atoms with van der Waals surface area (Å²) < 4.78 is 21.3. The van der Waals surface area contributed by atoms with Crippen LogP contribution >= 0.6 is 23.1 Å². The first-order chi connectivity index (χ1) is 13.1. The Kier molecular flexibility index (Phi) is 6.68. The third kappa shape index (κ3) is 4.99. The van der Waals surface area contributed by atoms with Gasteiger partial charge in [0.05, 0.1) is 17.3 Å². The lowest BCUT2D eigenvalue weighted by Crippen LogP contribution is -2.15. The molecule has 0 aliphatic heterocycles. The van der Waals surface area contributed by atoms with Crippen LogP contribution in [0.2, 0.25) is 0 Å². The highest BCUT2D eigenvalue weighted by Gasteiger charge is 2.08. The minimum absolute atomic E-state index is 0.139. The molecule has 0 fully saturated rings. The molecule has 3 aromatic rings. The van der Waals surface area contributed by atoms with Crippen LogP contribution in [0.5, 0.6) is 5.75 Å². The molecule has 1 heterocycles. The smallest absolute Gasteiger partial charge is 0.248 e. The number of aromatic nitrogens is 1. The summed E-state index contributed by atoms with van der Waals surface area (Å²) in [5.74, 6) is 1.26. The molecule has 0 bridgehead atoms. The van der Waals surface area contributed by atoms with Gasteiger partial charge in [0, 0.05) is 17.9 Å². The molecule has 7 heteroatoms. The lowest BCUT2D eigenvalue weighted by atomic mass is 10.3. The molecule has 0 aliphatic carbocycles. The second kappa shape index (κ2) is 9.19. The molecule has 142 valence electrons. The monoisotopic (exact) mass is 404 g/mol. The number of halogens is 1. The molecule has 3 rings (SSSR count). The van der Waals surface area contributed by atoms with Gasteiger partial charge >= 0.3 is 0 Å². The average Bonchev–Trinajstić information content (AvgIpc) is 3.01. The lowest BCUT2D eigenvalue weighted by molar-refractivity contribution is -0.118. The molecule has 0 saturated carbocycles. The van der Waals surface area contributed by atoms with Gasteiger partial charge in [0.1, 0.15) is 11.6 Å². The molecule has 27 heavy (non-hydrogen) atoms. The summed E-state index contributed by atoms with van der Waals surface area (Å²) in [6.07, 6.45) is 1.15. The van der Waals surface area contributed by atoms with E-state index in [1.807, 2.05) is 35.8 Å². The standard InChI is InChI=1S/C20H21FN2O2S2/c1-3-23-17-11-6-14(21)13-18(17)27-20(23)22-19(24)5-4-12-26-16-9-7-15(25-2)8-10-16/h6-11,13H,3-5,12H2,1-2H3. The van der Waals surface area contributed by atoms with Crippen LogP contribution in [0.3, 0.4) is 0 Å². The number of hydrogen-bond acceptors (Lipinski definition) is 4. The van der Waals surface area contributed by atoms with Crippen LogP contribution in [0, 0.1) is 5.82 Å². The fourth-order valence-corrected chi connectivity index (χ4v) is 4.67. The number of ether oxygens (including phenoxy) is 1. The normalized spacial score (nSPS) is 11.9. The van der Waals surface area contributed by atoms with E-state index in [-0.39, 0.29) is 11.7 Å². The van der Waals surface area contributed by atoms with Crippen molar-refractivity contribution in [2.75, 3.05) is 12.9 Å². The fourth-order valence-electron chi connectivity index (χ4n) is 2.69. The van der Waals surface area contributed by atoms with Crippen LogP contribution in [-0.4, -0.2) is 23.3 Å². The number of aryl methyl sites for hydroxylation is 1. The van der Waals surface area contributed by atoms with Gasteiger partial charge in [-0.3, -0.25) is 4.79 Å². The minimum Gasteiger partial charge on any atom is -0.497 e. The number of nitrogens with zero attached hydrogens (tertiary/aromatic N) is 2. The number of fused-ring (bicyclic) bond motifs is 1. The van der Waals surface area contributed by atoms with Gasteiger partial charge in [0.2, 0.25) is 5.91 Å². The van der Waals surface area contributed by atoms with Gasteiger partial charge in [0.25, 0.3) is 0 Å². The Hall–Kier alpha value is -2.12. The molecule has 1 aromatic heterocycles. The zero-order valence-electron chi connectivity index (χ0n) is 15.3. The van der Waals surface area contributed by atoms with Crippen LogP contribution in [0.4, 0.5) is 4.39 Å². The summed E-state index contributed by atoms with van der Waals surface area (Å²) in [6.45, 7) is 2.68. The van der Waals surface area contributed by atoms with Crippen LogP contribution < -0.4 is 9.54 Å². The number of thioether (sulfide) groups is 1. The van der Waals surface area contributed by atoms with Crippen molar-refractivity contribution in [3.8, 4) is 5.75 Å². The van der Waals surface area contributed by atoms with E-state index in [0.717, 1.165) is 33.0 Å². The highest BCUT2D eigenvalue weighted by molar-refractivity contribution is 7.99. The van der Waals surface area contributed by atoms with E-state index in [1.54, 1.807) is 24.9 Å². The number of hydrogen-bond donors (Lipinski definition) is 0. The first kappa shape index (κ1) is 19.6. The van der Waals surface area contributed by atoms with Crippen molar-refractivity contribution in [2.45, 2.75) is 31.2 Å². The summed E-state index contributed by atoms with van der Waals surface area (Å²) in [5.41, 5.74) is 0.908. The Bertz CT molecular complexity index is 993. The molecule has 0 spiro atoms. The number of rotatable bonds is 7. The molecule has 0 saturated heterocycles. The number of thiazole rings is 1. The fraction of sp³-hybridized carbons (Fsp3) is 0.300. The van der Waals surface area contributed by atoms with Crippen LogP contribution in [-0.2, 0) is 11.3 Å². The maximum absolute atomic E-state index is 13.4.